The van der Waals surface area contributed by atoms with Gasteiger partial charge in [0.2, 0.25) is 5.78 Å². The molecule has 0 atom stereocenters. The molecule has 0 radical (unpaired) electrons. The Kier molecular flexibility index (Phi) is 2.42. The van der Waals surface area contributed by atoms with Crippen LogP contribution in [0, 0.1) is 0 Å². The fourth-order valence-electron chi connectivity index (χ4n) is 0.612. The average molecular weight is 165 g/mol. The Balaban J connectivity index is 2.63. The molecule has 0 unspecified atom stereocenters. The molecule has 4 nitrogen and oxygen atoms in total. The lowest BCUT2D eigenvalue weighted by Crippen LogP contribution is -2.29. The maximum absolute atomic E-state index is 10.4. The van der Waals surface area contributed by atoms with E-state index in [1.54, 1.807) is 12.1 Å². The molecule has 0 aliphatic heterocycles. The molecule has 0 amide bonds. The number of aliphatic carboxylic acids is 1. The number of rotatable bonds is 3. The SMILES string of the molecule is O=C([O-])C(=O)C=Cc1ccco1. The molecular formula is C8H5O4-. The highest BCUT2D eigenvalue weighted by Crippen LogP contribution is 2.01. The molecule has 0 saturated heterocycles. The third-order valence-electron chi connectivity index (χ3n) is 1.14. The van der Waals surface area contributed by atoms with Crippen molar-refractivity contribution in [2.75, 3.05) is 0 Å². The molecular weight excluding hydrogens is 160 g/mol. The fourth-order valence-corrected chi connectivity index (χ4v) is 0.612. The van der Waals surface area contributed by atoms with Crippen molar-refractivity contribution < 1.29 is 19.1 Å². The van der Waals surface area contributed by atoms with E-state index < -0.39 is 11.8 Å². The minimum absolute atomic E-state index is 0.421. The van der Waals surface area contributed by atoms with Crippen molar-refractivity contribution in [3.05, 3.63) is 30.2 Å². The minimum Gasteiger partial charge on any atom is -0.541 e. The van der Waals surface area contributed by atoms with Crippen LogP contribution in [0.5, 0.6) is 0 Å². The van der Waals surface area contributed by atoms with E-state index in [9.17, 15) is 14.7 Å². The summed E-state index contributed by atoms with van der Waals surface area (Å²) < 4.78 is 4.81. The number of ketones is 1. The van der Waals surface area contributed by atoms with Crippen molar-refractivity contribution >= 4 is 17.8 Å². The van der Waals surface area contributed by atoms with Crippen molar-refractivity contribution in [3.63, 3.8) is 0 Å². The van der Waals surface area contributed by atoms with Gasteiger partial charge in [-0.05, 0) is 24.3 Å². The number of carbonyl (C=O) groups excluding carboxylic acids is 2. The van der Waals surface area contributed by atoms with Crippen molar-refractivity contribution in [2.24, 2.45) is 0 Å². The second kappa shape index (κ2) is 3.52. The second-order valence-electron chi connectivity index (χ2n) is 2.00. The predicted octanol–water partition coefficient (Wildman–Crippen LogP) is -0.388. The molecule has 0 aliphatic rings. The van der Waals surface area contributed by atoms with Gasteiger partial charge in [-0.25, -0.2) is 0 Å². The summed E-state index contributed by atoms with van der Waals surface area (Å²) in [6.07, 6.45) is 3.56. The molecule has 62 valence electrons. The Morgan fingerprint density at radius 2 is 2.25 bits per heavy atom. The molecule has 4 heteroatoms. The van der Waals surface area contributed by atoms with Crippen LogP contribution in [-0.2, 0) is 9.59 Å². The first-order valence-electron chi connectivity index (χ1n) is 3.17. The monoisotopic (exact) mass is 165 g/mol. The lowest BCUT2D eigenvalue weighted by Gasteiger charge is -1.91. The first-order chi connectivity index (χ1) is 5.70. The van der Waals surface area contributed by atoms with Crippen LogP contribution in [0.15, 0.2) is 28.9 Å². The van der Waals surface area contributed by atoms with Crippen molar-refractivity contribution in [2.45, 2.75) is 0 Å². The van der Waals surface area contributed by atoms with Gasteiger partial charge in [0, 0.05) is 0 Å². The van der Waals surface area contributed by atoms with Crippen LogP contribution < -0.4 is 5.11 Å². The first-order valence-corrected chi connectivity index (χ1v) is 3.17. The van der Waals surface area contributed by atoms with Crippen molar-refractivity contribution in [1.29, 1.82) is 0 Å². The standard InChI is InChI=1S/C8H6O4/c9-7(8(10)11)4-3-6-2-1-5-12-6/h1-5H,(H,10,11)/p-1. The van der Waals surface area contributed by atoms with E-state index in [4.69, 9.17) is 4.42 Å². The summed E-state index contributed by atoms with van der Waals surface area (Å²) in [6, 6.07) is 3.22. The lowest BCUT2D eigenvalue weighted by atomic mass is 10.3. The molecule has 0 aromatic carbocycles. The highest BCUT2D eigenvalue weighted by molar-refractivity contribution is 6.37. The van der Waals surface area contributed by atoms with Crippen LogP contribution in [-0.4, -0.2) is 11.8 Å². The summed E-state index contributed by atoms with van der Waals surface area (Å²) in [5.41, 5.74) is 0. The van der Waals surface area contributed by atoms with E-state index in [1.807, 2.05) is 0 Å². The average Bonchev–Trinajstić information content (AvgIpc) is 2.51. The molecule has 1 heterocycles. The zero-order valence-corrected chi connectivity index (χ0v) is 6.02. The van der Waals surface area contributed by atoms with Gasteiger partial charge in [-0.1, -0.05) is 0 Å². The Morgan fingerprint density at radius 1 is 1.50 bits per heavy atom. The summed E-state index contributed by atoms with van der Waals surface area (Å²) >= 11 is 0. The third kappa shape index (κ3) is 2.09. The Bertz CT molecular complexity index is 308. The lowest BCUT2D eigenvalue weighted by molar-refractivity contribution is -0.299. The quantitative estimate of drug-likeness (QED) is 0.451. The van der Waals surface area contributed by atoms with E-state index >= 15 is 0 Å². The van der Waals surface area contributed by atoms with Crippen LogP contribution in [0.25, 0.3) is 6.08 Å². The second-order valence-corrected chi connectivity index (χ2v) is 2.00. The molecule has 0 spiro atoms. The zero-order chi connectivity index (χ0) is 8.97. The molecule has 0 bridgehead atoms. The Hall–Kier alpha value is -1.84. The fraction of sp³-hybridized carbons (Fsp3) is 0. The highest BCUT2D eigenvalue weighted by atomic mass is 16.4. The van der Waals surface area contributed by atoms with Crippen LogP contribution >= 0.6 is 0 Å². The maximum atomic E-state index is 10.4. The number of carbonyl (C=O) groups is 2. The van der Waals surface area contributed by atoms with Gasteiger partial charge in [-0.3, -0.25) is 4.79 Å². The van der Waals surface area contributed by atoms with Crippen LogP contribution in [0.3, 0.4) is 0 Å². The maximum Gasteiger partial charge on any atom is 0.201 e. The van der Waals surface area contributed by atoms with E-state index in [1.165, 1.54) is 12.3 Å². The van der Waals surface area contributed by atoms with Gasteiger partial charge in [-0.2, -0.15) is 0 Å². The Labute approximate surface area is 68.1 Å². The van der Waals surface area contributed by atoms with E-state index in [0.717, 1.165) is 6.08 Å². The summed E-state index contributed by atoms with van der Waals surface area (Å²) in [5, 5.41) is 9.92. The smallest absolute Gasteiger partial charge is 0.201 e. The number of carboxylic acids is 1. The molecule has 12 heavy (non-hydrogen) atoms. The minimum atomic E-state index is -1.72. The third-order valence-corrected chi connectivity index (χ3v) is 1.14. The van der Waals surface area contributed by atoms with Gasteiger partial charge in [0.05, 0.1) is 6.26 Å². The van der Waals surface area contributed by atoms with Crippen molar-refractivity contribution in [1.82, 2.24) is 0 Å². The summed E-state index contributed by atoms with van der Waals surface area (Å²) in [5.74, 6) is -2.38. The van der Waals surface area contributed by atoms with Gasteiger partial charge in [0.25, 0.3) is 0 Å². The molecule has 1 aromatic rings. The van der Waals surface area contributed by atoms with Gasteiger partial charge in [0.1, 0.15) is 11.7 Å². The normalized spacial score (nSPS) is 10.3. The van der Waals surface area contributed by atoms with Gasteiger partial charge in [0.15, 0.2) is 0 Å². The predicted molar refractivity (Wildman–Crippen MR) is 37.8 cm³/mol. The highest BCUT2D eigenvalue weighted by Gasteiger charge is 1.95. The van der Waals surface area contributed by atoms with Gasteiger partial charge < -0.3 is 14.3 Å². The van der Waals surface area contributed by atoms with Gasteiger partial charge in [-0.15, -0.1) is 0 Å². The van der Waals surface area contributed by atoms with Crippen LogP contribution in [0.4, 0.5) is 0 Å². The molecule has 0 saturated carbocycles. The van der Waals surface area contributed by atoms with E-state index in [-0.39, 0.29) is 0 Å². The zero-order valence-electron chi connectivity index (χ0n) is 6.02. The summed E-state index contributed by atoms with van der Waals surface area (Å²) in [6.45, 7) is 0. The molecule has 0 N–H and O–H groups in total. The number of hydrogen-bond acceptors (Lipinski definition) is 4. The molecule has 1 rings (SSSR count). The topological polar surface area (TPSA) is 70.3 Å². The summed E-state index contributed by atoms with van der Waals surface area (Å²) in [4.78, 5) is 20.4. The van der Waals surface area contributed by atoms with Crippen molar-refractivity contribution in [3.8, 4) is 0 Å². The molecule has 0 fully saturated rings. The number of carboxylic acid groups (broad SMARTS) is 1. The van der Waals surface area contributed by atoms with Gasteiger partial charge >= 0.3 is 0 Å². The van der Waals surface area contributed by atoms with Crippen LogP contribution in [0.1, 0.15) is 5.76 Å². The first kappa shape index (κ1) is 8.26. The van der Waals surface area contributed by atoms with Crippen LogP contribution in [0.2, 0.25) is 0 Å². The summed E-state index contributed by atoms with van der Waals surface area (Å²) in [7, 11) is 0. The molecule has 1 aromatic heterocycles. The Morgan fingerprint density at radius 3 is 2.75 bits per heavy atom. The largest absolute Gasteiger partial charge is 0.541 e. The van der Waals surface area contributed by atoms with E-state index in [0.29, 0.717) is 5.76 Å². The molecule has 0 aliphatic carbocycles. The number of hydrogen-bond donors (Lipinski definition) is 0. The van der Waals surface area contributed by atoms with E-state index in [2.05, 4.69) is 0 Å². The number of furan rings is 1.